The summed E-state index contributed by atoms with van der Waals surface area (Å²) in [5.41, 5.74) is 0.983. The van der Waals surface area contributed by atoms with Crippen LogP contribution in [0, 0.1) is 11.6 Å². The molecule has 0 radical (unpaired) electrons. The van der Waals surface area contributed by atoms with Gasteiger partial charge in [-0.15, -0.1) is 0 Å². The van der Waals surface area contributed by atoms with Crippen molar-refractivity contribution in [2.75, 3.05) is 10.0 Å². The molecule has 0 saturated heterocycles. The minimum atomic E-state index is -4.03. The molecule has 0 atom stereocenters. The minimum absolute atomic E-state index is 0.00497. The van der Waals surface area contributed by atoms with Gasteiger partial charge in [0.15, 0.2) is 0 Å². The zero-order valence-electron chi connectivity index (χ0n) is 20.2. The van der Waals surface area contributed by atoms with Crippen molar-refractivity contribution in [2.45, 2.75) is 4.90 Å². The third kappa shape index (κ3) is 5.99. The molecular weight excluding hydrogens is 583 g/mol. The Morgan fingerprint density at radius 2 is 1.55 bits per heavy atom. The van der Waals surface area contributed by atoms with Crippen LogP contribution in [0.2, 0.25) is 10.0 Å². The first-order chi connectivity index (χ1) is 19.1. The molecule has 0 aliphatic rings. The molecule has 4 aromatic carbocycles. The van der Waals surface area contributed by atoms with Gasteiger partial charge in [-0.2, -0.15) is 0 Å². The van der Waals surface area contributed by atoms with Gasteiger partial charge in [0.25, 0.3) is 15.9 Å². The molecule has 202 valence electrons. The number of carbonyl (C=O) groups is 1. The number of pyridine rings is 1. The number of rotatable bonds is 7. The molecule has 0 saturated carbocycles. The number of benzene rings is 4. The Kier molecular flexibility index (Phi) is 7.57. The molecule has 12 heteroatoms. The van der Waals surface area contributed by atoms with Crippen molar-refractivity contribution in [3.8, 4) is 11.6 Å². The minimum Gasteiger partial charge on any atom is -0.437 e. The molecule has 1 heterocycles. The summed E-state index contributed by atoms with van der Waals surface area (Å²) < 4.78 is 60.5. The van der Waals surface area contributed by atoms with Gasteiger partial charge in [-0.3, -0.25) is 9.52 Å². The molecule has 0 bridgehead atoms. The average molecular weight is 600 g/mol. The maximum Gasteiger partial charge on any atom is 0.261 e. The van der Waals surface area contributed by atoms with Gasteiger partial charge in [0.05, 0.1) is 26.1 Å². The number of anilines is 2. The monoisotopic (exact) mass is 599 g/mol. The van der Waals surface area contributed by atoms with Crippen LogP contribution in [-0.4, -0.2) is 19.3 Å². The van der Waals surface area contributed by atoms with E-state index in [1.807, 2.05) is 0 Å². The lowest BCUT2D eigenvalue weighted by atomic mass is 10.1. The second kappa shape index (κ2) is 11.1. The number of ether oxygens (including phenoxy) is 1. The third-order valence-corrected chi connectivity index (χ3v) is 7.61. The fraction of sp³-hybridized carbons (Fsp3) is 0. The van der Waals surface area contributed by atoms with E-state index in [-0.39, 0.29) is 43.5 Å². The van der Waals surface area contributed by atoms with Crippen molar-refractivity contribution >= 4 is 61.4 Å². The number of halogens is 4. The van der Waals surface area contributed by atoms with Crippen molar-refractivity contribution in [2.24, 2.45) is 0 Å². The van der Waals surface area contributed by atoms with E-state index in [4.69, 9.17) is 27.9 Å². The number of hydrogen-bond donors (Lipinski definition) is 2. The van der Waals surface area contributed by atoms with Crippen LogP contribution in [0.1, 0.15) is 10.4 Å². The summed E-state index contributed by atoms with van der Waals surface area (Å²) in [5, 5.41) is 3.12. The number of aromatic nitrogens is 1. The number of amides is 1. The van der Waals surface area contributed by atoms with Crippen LogP contribution < -0.4 is 14.8 Å². The summed E-state index contributed by atoms with van der Waals surface area (Å²) in [6, 6.07) is 21.0. The van der Waals surface area contributed by atoms with Crippen LogP contribution in [0.5, 0.6) is 11.6 Å². The number of nitrogens with one attached hydrogen (secondary N) is 2. The molecule has 7 nitrogen and oxygen atoms in total. The van der Waals surface area contributed by atoms with E-state index in [1.54, 1.807) is 30.3 Å². The summed E-state index contributed by atoms with van der Waals surface area (Å²) in [6.45, 7) is 0. The summed E-state index contributed by atoms with van der Waals surface area (Å²) in [4.78, 5) is 17.6. The topological polar surface area (TPSA) is 97.4 Å². The number of hydrogen-bond acceptors (Lipinski definition) is 5. The van der Waals surface area contributed by atoms with Crippen molar-refractivity contribution in [3.05, 3.63) is 118 Å². The van der Waals surface area contributed by atoms with E-state index in [2.05, 4.69) is 15.0 Å². The van der Waals surface area contributed by atoms with Gasteiger partial charge < -0.3 is 10.1 Å². The molecule has 2 N–H and O–H groups in total. The molecule has 0 aliphatic heterocycles. The number of carbonyl (C=O) groups excluding carboxylic acids is 1. The van der Waals surface area contributed by atoms with Crippen LogP contribution in [0.15, 0.2) is 95.9 Å². The highest BCUT2D eigenvalue weighted by Crippen LogP contribution is 2.33. The highest BCUT2D eigenvalue weighted by atomic mass is 35.5. The maximum atomic E-state index is 13.5. The Hall–Kier alpha value is -4.25. The Bertz CT molecular complexity index is 1870. The number of nitrogens with zero attached hydrogens (tertiary/aromatic N) is 1. The summed E-state index contributed by atoms with van der Waals surface area (Å²) >= 11 is 11.8. The first kappa shape index (κ1) is 27.3. The first-order valence-corrected chi connectivity index (χ1v) is 13.7. The lowest BCUT2D eigenvalue weighted by Crippen LogP contribution is -2.15. The molecule has 40 heavy (non-hydrogen) atoms. The summed E-state index contributed by atoms with van der Waals surface area (Å²) in [5.74, 6) is -1.79. The highest BCUT2D eigenvalue weighted by Gasteiger charge is 2.20. The molecule has 5 aromatic rings. The fourth-order valence-electron chi connectivity index (χ4n) is 3.69. The van der Waals surface area contributed by atoms with E-state index in [9.17, 15) is 22.0 Å². The zero-order valence-corrected chi connectivity index (χ0v) is 22.5. The molecule has 0 fully saturated rings. The van der Waals surface area contributed by atoms with Crippen molar-refractivity contribution in [1.29, 1.82) is 0 Å². The van der Waals surface area contributed by atoms with Crippen LogP contribution in [0.4, 0.5) is 20.2 Å². The van der Waals surface area contributed by atoms with Gasteiger partial charge in [0.1, 0.15) is 22.9 Å². The third-order valence-electron chi connectivity index (χ3n) is 5.63. The smallest absolute Gasteiger partial charge is 0.261 e. The largest absolute Gasteiger partial charge is 0.437 e. The van der Waals surface area contributed by atoms with Gasteiger partial charge in [0, 0.05) is 11.1 Å². The Morgan fingerprint density at radius 3 is 2.27 bits per heavy atom. The second-order valence-electron chi connectivity index (χ2n) is 8.42. The van der Waals surface area contributed by atoms with Gasteiger partial charge >= 0.3 is 0 Å². The van der Waals surface area contributed by atoms with Gasteiger partial charge in [-0.05, 0) is 72.8 Å². The van der Waals surface area contributed by atoms with Crippen LogP contribution in [-0.2, 0) is 10.0 Å². The maximum absolute atomic E-state index is 13.5. The Labute approximate surface area is 237 Å². The van der Waals surface area contributed by atoms with E-state index < -0.39 is 27.6 Å². The lowest BCUT2D eigenvalue weighted by molar-refractivity contribution is 0.102. The zero-order chi connectivity index (χ0) is 28.4. The predicted molar refractivity (Wildman–Crippen MR) is 150 cm³/mol. The van der Waals surface area contributed by atoms with Crippen LogP contribution >= 0.6 is 23.2 Å². The Balaban J connectivity index is 1.40. The summed E-state index contributed by atoms with van der Waals surface area (Å²) in [7, 11) is -4.03. The fourth-order valence-corrected chi connectivity index (χ4v) is 5.13. The van der Waals surface area contributed by atoms with E-state index in [0.29, 0.717) is 10.9 Å². The lowest BCUT2D eigenvalue weighted by Gasteiger charge is -2.13. The van der Waals surface area contributed by atoms with Gasteiger partial charge in [-0.25, -0.2) is 22.2 Å². The average Bonchev–Trinajstić information content (AvgIpc) is 2.92. The summed E-state index contributed by atoms with van der Waals surface area (Å²) in [6.07, 6.45) is 0. The van der Waals surface area contributed by atoms with Crippen molar-refractivity contribution < 1.29 is 26.7 Å². The van der Waals surface area contributed by atoms with Crippen molar-refractivity contribution in [3.63, 3.8) is 0 Å². The molecule has 1 amide bonds. The predicted octanol–water partition coefficient (Wildman–Crippen LogP) is 7.67. The van der Waals surface area contributed by atoms with Gasteiger partial charge in [0.2, 0.25) is 5.88 Å². The van der Waals surface area contributed by atoms with Gasteiger partial charge in [-0.1, -0.05) is 41.4 Å². The second-order valence-corrected chi connectivity index (χ2v) is 10.9. The van der Waals surface area contributed by atoms with Crippen LogP contribution in [0.3, 0.4) is 0 Å². The van der Waals surface area contributed by atoms with Crippen LogP contribution in [0.25, 0.3) is 10.9 Å². The molecular formula is C28H17Cl2F2N3O4S. The number of para-hydroxylation sites is 1. The number of fused-ring (bicyclic) bond motifs is 1. The SMILES string of the molecule is O=C(Nc1ccc(S(=O)(=O)Nc2ccc(F)c(Cl)c2)cc1)c1cc2ccccc2nc1Oc1ccc(F)cc1Cl. The van der Waals surface area contributed by atoms with E-state index in [1.165, 1.54) is 36.4 Å². The quantitative estimate of drug-likeness (QED) is 0.200. The standard InChI is InChI=1S/C28H17Cl2F2N3O4S/c29-22-15-19(8-11-24(22)32)35-40(37,38)20-9-6-18(7-10-20)33-27(36)21-13-16-3-1-2-4-25(16)34-28(21)39-26-12-5-17(31)14-23(26)30/h1-15,35H,(H,33,36). The highest BCUT2D eigenvalue weighted by molar-refractivity contribution is 7.92. The normalized spacial score (nSPS) is 11.3. The van der Waals surface area contributed by atoms with E-state index >= 15 is 0 Å². The molecule has 5 rings (SSSR count). The molecule has 1 aromatic heterocycles. The molecule has 0 spiro atoms. The molecule has 0 aliphatic carbocycles. The Morgan fingerprint density at radius 1 is 0.825 bits per heavy atom. The molecule has 0 unspecified atom stereocenters. The number of sulfonamides is 1. The van der Waals surface area contributed by atoms with E-state index in [0.717, 1.165) is 24.3 Å². The van der Waals surface area contributed by atoms with Crippen molar-refractivity contribution in [1.82, 2.24) is 4.98 Å². The first-order valence-electron chi connectivity index (χ1n) is 11.5.